The van der Waals surface area contributed by atoms with Crippen LogP contribution in [-0.4, -0.2) is 11.1 Å². The molecule has 0 fully saturated rings. The number of furan rings is 1. The van der Waals surface area contributed by atoms with Crippen LogP contribution in [0.1, 0.15) is 63.3 Å². The highest BCUT2D eigenvalue weighted by atomic mass is 16.3. The highest BCUT2D eigenvalue weighted by Crippen LogP contribution is 2.41. The predicted molar refractivity (Wildman–Crippen MR) is 134 cm³/mol. The Bertz CT molecular complexity index is 1310. The normalized spacial score (nSPS) is 16.4. The molecule has 1 atom stereocenters. The molecular formula is C28H31N3O. The van der Waals surface area contributed by atoms with Gasteiger partial charge < -0.3 is 14.2 Å². The van der Waals surface area contributed by atoms with Crippen LogP contribution < -0.4 is 9.80 Å². The summed E-state index contributed by atoms with van der Waals surface area (Å²) < 4.78 is 6.28. The Morgan fingerprint density at radius 3 is 2.16 bits per heavy atom. The number of nitrogens with zero attached hydrogens (tertiary/aromatic N) is 3. The lowest BCUT2D eigenvalue weighted by Gasteiger charge is -2.34. The van der Waals surface area contributed by atoms with Crippen LogP contribution >= 0.6 is 0 Å². The molecule has 32 heavy (non-hydrogen) atoms. The quantitative estimate of drug-likeness (QED) is 0.336. The van der Waals surface area contributed by atoms with Crippen LogP contribution in [0, 0.1) is 6.92 Å². The SMILES string of the molecule is Cc1ccc2c(n1)oc1c(N3C=CN(c4c(C(C)C)cccc4C(C)C)C3C)cccc12. The van der Waals surface area contributed by atoms with E-state index in [0.29, 0.717) is 17.5 Å². The van der Waals surface area contributed by atoms with Crippen molar-refractivity contribution in [3.05, 3.63) is 77.8 Å². The third-order valence-electron chi connectivity index (χ3n) is 6.55. The maximum atomic E-state index is 6.28. The summed E-state index contributed by atoms with van der Waals surface area (Å²) in [5.74, 6) is 0.901. The molecule has 2 aromatic heterocycles. The second-order valence-corrected chi connectivity index (χ2v) is 9.40. The molecule has 4 aromatic rings. The molecule has 3 heterocycles. The fourth-order valence-electron chi connectivity index (χ4n) is 4.84. The molecule has 0 aliphatic carbocycles. The number of hydrogen-bond acceptors (Lipinski definition) is 4. The second kappa shape index (κ2) is 7.70. The standard InChI is InChI=1S/C28H31N3O/c1-17(2)21-9-7-10-22(18(3)4)26(21)31-16-15-30(20(31)6)25-12-8-11-23-24-14-13-19(5)29-28(24)32-27(23)25/h7-18,20H,1-6H3. The number of rotatable bonds is 4. The maximum absolute atomic E-state index is 6.28. The van der Waals surface area contributed by atoms with Crippen molar-refractivity contribution < 1.29 is 4.42 Å². The van der Waals surface area contributed by atoms with Crippen molar-refractivity contribution >= 4 is 33.4 Å². The number of para-hydroxylation sites is 2. The first-order valence-electron chi connectivity index (χ1n) is 11.5. The third kappa shape index (κ3) is 3.17. The van der Waals surface area contributed by atoms with E-state index in [2.05, 4.69) is 104 Å². The number of pyridine rings is 1. The number of benzene rings is 2. The summed E-state index contributed by atoms with van der Waals surface area (Å²) in [5.41, 5.74) is 7.72. The maximum Gasteiger partial charge on any atom is 0.227 e. The van der Waals surface area contributed by atoms with E-state index in [1.54, 1.807) is 0 Å². The fraction of sp³-hybridized carbons (Fsp3) is 0.321. The van der Waals surface area contributed by atoms with E-state index < -0.39 is 0 Å². The van der Waals surface area contributed by atoms with E-state index in [1.165, 1.54) is 16.8 Å². The van der Waals surface area contributed by atoms with Crippen molar-refractivity contribution in [2.45, 2.75) is 59.5 Å². The number of hydrogen-bond donors (Lipinski definition) is 0. The third-order valence-corrected chi connectivity index (χ3v) is 6.55. The molecular weight excluding hydrogens is 394 g/mol. The Kier molecular flexibility index (Phi) is 4.96. The zero-order valence-corrected chi connectivity index (χ0v) is 19.8. The van der Waals surface area contributed by atoms with Gasteiger partial charge in [0.25, 0.3) is 0 Å². The Labute approximate surface area is 190 Å². The zero-order valence-electron chi connectivity index (χ0n) is 19.8. The van der Waals surface area contributed by atoms with E-state index in [4.69, 9.17) is 4.42 Å². The van der Waals surface area contributed by atoms with Crippen LogP contribution in [0.3, 0.4) is 0 Å². The number of anilines is 2. The van der Waals surface area contributed by atoms with Crippen LogP contribution in [0.2, 0.25) is 0 Å². The van der Waals surface area contributed by atoms with E-state index in [1.807, 2.05) is 13.0 Å². The summed E-state index contributed by atoms with van der Waals surface area (Å²) in [4.78, 5) is 9.33. The summed E-state index contributed by atoms with van der Waals surface area (Å²) in [6.45, 7) is 13.3. The summed E-state index contributed by atoms with van der Waals surface area (Å²) in [6.07, 6.45) is 4.51. The molecule has 0 radical (unpaired) electrons. The molecule has 5 rings (SSSR count). The average molecular weight is 426 g/mol. The monoisotopic (exact) mass is 425 g/mol. The van der Waals surface area contributed by atoms with Crippen molar-refractivity contribution in [1.82, 2.24) is 4.98 Å². The van der Waals surface area contributed by atoms with Crippen molar-refractivity contribution in [2.75, 3.05) is 9.80 Å². The van der Waals surface area contributed by atoms with Crippen molar-refractivity contribution in [2.24, 2.45) is 0 Å². The molecule has 0 N–H and O–H groups in total. The van der Waals surface area contributed by atoms with Gasteiger partial charge in [0.2, 0.25) is 5.71 Å². The van der Waals surface area contributed by atoms with E-state index in [0.717, 1.165) is 27.7 Å². The lowest BCUT2D eigenvalue weighted by molar-refractivity contribution is 0.647. The molecule has 4 nitrogen and oxygen atoms in total. The van der Waals surface area contributed by atoms with Crippen molar-refractivity contribution in [3.8, 4) is 0 Å². The van der Waals surface area contributed by atoms with Crippen LogP contribution in [0.25, 0.3) is 22.1 Å². The van der Waals surface area contributed by atoms with Gasteiger partial charge in [-0.1, -0.05) is 58.0 Å². The van der Waals surface area contributed by atoms with Gasteiger partial charge in [0.05, 0.1) is 5.69 Å². The van der Waals surface area contributed by atoms with Gasteiger partial charge in [0, 0.05) is 34.6 Å². The van der Waals surface area contributed by atoms with Gasteiger partial charge in [0.15, 0.2) is 5.58 Å². The Balaban J connectivity index is 1.61. The smallest absolute Gasteiger partial charge is 0.227 e. The summed E-state index contributed by atoms with van der Waals surface area (Å²) >= 11 is 0. The number of fused-ring (bicyclic) bond motifs is 3. The Morgan fingerprint density at radius 2 is 1.47 bits per heavy atom. The molecule has 4 heteroatoms. The largest absolute Gasteiger partial charge is 0.435 e. The number of aryl methyl sites for hydroxylation is 1. The van der Waals surface area contributed by atoms with Gasteiger partial charge in [-0.05, 0) is 55.0 Å². The fourth-order valence-corrected chi connectivity index (χ4v) is 4.84. The van der Waals surface area contributed by atoms with Crippen LogP contribution in [0.15, 0.2) is 65.3 Å². The van der Waals surface area contributed by atoms with Gasteiger partial charge >= 0.3 is 0 Å². The van der Waals surface area contributed by atoms with E-state index >= 15 is 0 Å². The second-order valence-electron chi connectivity index (χ2n) is 9.40. The zero-order chi connectivity index (χ0) is 22.6. The molecule has 0 bridgehead atoms. The topological polar surface area (TPSA) is 32.5 Å². The van der Waals surface area contributed by atoms with Crippen LogP contribution in [0.4, 0.5) is 11.4 Å². The van der Waals surface area contributed by atoms with Gasteiger partial charge in [-0.25, -0.2) is 4.98 Å². The molecule has 164 valence electrons. The van der Waals surface area contributed by atoms with Gasteiger partial charge in [0.1, 0.15) is 6.17 Å². The summed E-state index contributed by atoms with van der Waals surface area (Å²) in [5, 5.41) is 2.17. The van der Waals surface area contributed by atoms with Crippen LogP contribution in [-0.2, 0) is 0 Å². The lowest BCUT2D eigenvalue weighted by Crippen LogP contribution is -2.37. The van der Waals surface area contributed by atoms with Gasteiger partial charge in [-0.2, -0.15) is 0 Å². The van der Waals surface area contributed by atoms with E-state index in [-0.39, 0.29) is 6.17 Å². The van der Waals surface area contributed by atoms with Gasteiger partial charge in [-0.3, -0.25) is 0 Å². The molecule has 0 amide bonds. The molecule has 1 aliphatic rings. The molecule has 2 aromatic carbocycles. The molecule has 1 aliphatic heterocycles. The highest BCUT2D eigenvalue weighted by molar-refractivity contribution is 6.08. The van der Waals surface area contributed by atoms with Gasteiger partial charge in [-0.15, -0.1) is 0 Å². The molecule has 0 saturated carbocycles. The van der Waals surface area contributed by atoms with Crippen molar-refractivity contribution in [1.29, 1.82) is 0 Å². The summed E-state index contributed by atoms with van der Waals surface area (Å²) in [6, 6.07) is 17.2. The Morgan fingerprint density at radius 1 is 0.812 bits per heavy atom. The predicted octanol–water partition coefficient (Wildman–Crippen LogP) is 7.68. The molecule has 0 saturated heterocycles. The summed E-state index contributed by atoms with van der Waals surface area (Å²) in [7, 11) is 0. The minimum absolute atomic E-state index is 0.126. The first kappa shape index (κ1) is 20.6. The van der Waals surface area contributed by atoms with Crippen molar-refractivity contribution in [3.63, 3.8) is 0 Å². The highest BCUT2D eigenvalue weighted by Gasteiger charge is 2.30. The number of aromatic nitrogens is 1. The minimum atomic E-state index is 0.126. The first-order chi connectivity index (χ1) is 15.4. The Hall–Kier alpha value is -3.27. The molecule has 0 spiro atoms. The minimum Gasteiger partial charge on any atom is -0.435 e. The lowest BCUT2D eigenvalue weighted by atomic mass is 9.92. The van der Waals surface area contributed by atoms with Crippen LogP contribution in [0.5, 0.6) is 0 Å². The molecule has 1 unspecified atom stereocenters. The average Bonchev–Trinajstić information content (AvgIpc) is 3.32. The first-order valence-corrected chi connectivity index (χ1v) is 11.5. The van der Waals surface area contributed by atoms with E-state index in [9.17, 15) is 0 Å².